The van der Waals surface area contributed by atoms with E-state index in [-0.39, 0.29) is 48.8 Å². The van der Waals surface area contributed by atoms with Crippen molar-refractivity contribution in [2.75, 3.05) is 30.4 Å². The summed E-state index contributed by atoms with van der Waals surface area (Å²) in [6, 6.07) is 7.00. The average Bonchev–Trinajstić information content (AvgIpc) is 2.58. The van der Waals surface area contributed by atoms with Crippen molar-refractivity contribution < 1.29 is 14.4 Å². The van der Waals surface area contributed by atoms with Gasteiger partial charge in [0.05, 0.1) is 24.5 Å². The summed E-state index contributed by atoms with van der Waals surface area (Å²) in [4.78, 5) is 40.3. The van der Waals surface area contributed by atoms with E-state index in [1.54, 1.807) is 22.9 Å². The van der Waals surface area contributed by atoms with Crippen molar-refractivity contribution >= 4 is 29.1 Å². The topological polar surface area (TPSA) is 81.8 Å². The summed E-state index contributed by atoms with van der Waals surface area (Å²) < 4.78 is 0. The first kappa shape index (κ1) is 19.9. The Hall–Kier alpha value is -2.41. The maximum atomic E-state index is 12.9. The van der Waals surface area contributed by atoms with Gasteiger partial charge in [-0.1, -0.05) is 12.1 Å². The molecule has 0 saturated heterocycles. The molecule has 7 heteroatoms. The van der Waals surface area contributed by atoms with Gasteiger partial charge in [-0.05, 0) is 46.9 Å². The number of rotatable bonds is 4. The zero-order valence-corrected chi connectivity index (χ0v) is 16.1. The quantitative estimate of drug-likeness (QED) is 0.854. The lowest BCUT2D eigenvalue weighted by molar-refractivity contribution is -0.124. The molecule has 1 aromatic carbocycles. The Morgan fingerprint density at radius 2 is 1.92 bits per heavy atom. The first-order valence-corrected chi connectivity index (χ1v) is 8.77. The van der Waals surface area contributed by atoms with E-state index in [0.29, 0.717) is 11.4 Å². The van der Waals surface area contributed by atoms with Crippen LogP contribution in [0.5, 0.6) is 0 Å². The van der Waals surface area contributed by atoms with E-state index < -0.39 is 0 Å². The highest BCUT2D eigenvalue weighted by molar-refractivity contribution is 6.05. The Morgan fingerprint density at radius 3 is 2.58 bits per heavy atom. The second kappa shape index (κ2) is 7.86. The fourth-order valence-electron chi connectivity index (χ4n) is 3.03. The molecule has 0 bridgehead atoms. The number of carbonyl (C=O) groups excluding carboxylic acids is 3. The van der Waals surface area contributed by atoms with Gasteiger partial charge in [0.15, 0.2) is 0 Å². The van der Waals surface area contributed by atoms with Crippen LogP contribution in [0.25, 0.3) is 0 Å². The molecule has 7 nitrogen and oxygen atoms in total. The Kier molecular flexibility index (Phi) is 6.02. The molecular formula is C19H28N4O3. The SMILES string of the molecule is CC1CC(=O)Nc2ccccc2N1C(=O)CN(C)CC(=O)NC(C)(C)C. The van der Waals surface area contributed by atoms with Gasteiger partial charge in [0.1, 0.15) is 0 Å². The first-order valence-electron chi connectivity index (χ1n) is 8.77. The fraction of sp³-hybridized carbons (Fsp3) is 0.526. The van der Waals surface area contributed by atoms with Gasteiger partial charge in [0.25, 0.3) is 0 Å². The lowest BCUT2D eigenvalue weighted by atomic mass is 10.1. The third-order valence-corrected chi connectivity index (χ3v) is 3.96. The van der Waals surface area contributed by atoms with Gasteiger partial charge in [-0.2, -0.15) is 0 Å². The summed E-state index contributed by atoms with van der Waals surface area (Å²) in [5, 5.41) is 5.72. The smallest absolute Gasteiger partial charge is 0.241 e. The van der Waals surface area contributed by atoms with Crippen molar-refractivity contribution in [3.05, 3.63) is 24.3 Å². The highest BCUT2D eigenvalue weighted by atomic mass is 16.2. The summed E-state index contributed by atoms with van der Waals surface area (Å²) in [5.74, 6) is -0.389. The van der Waals surface area contributed by atoms with Crippen molar-refractivity contribution in [3.63, 3.8) is 0 Å². The molecule has 0 spiro atoms. The number of para-hydroxylation sites is 2. The van der Waals surface area contributed by atoms with Crippen LogP contribution in [0.3, 0.4) is 0 Å². The maximum Gasteiger partial charge on any atom is 0.241 e. The maximum absolute atomic E-state index is 12.9. The number of hydrogen-bond donors (Lipinski definition) is 2. The molecule has 1 unspecified atom stereocenters. The number of hydrogen-bond acceptors (Lipinski definition) is 4. The molecule has 0 radical (unpaired) electrons. The Balaban J connectivity index is 2.10. The molecule has 2 rings (SSSR count). The number of amides is 3. The highest BCUT2D eigenvalue weighted by Crippen LogP contribution is 2.31. The lowest BCUT2D eigenvalue weighted by Gasteiger charge is -2.30. The van der Waals surface area contributed by atoms with E-state index in [0.717, 1.165) is 0 Å². The van der Waals surface area contributed by atoms with Crippen molar-refractivity contribution in [2.24, 2.45) is 0 Å². The third-order valence-electron chi connectivity index (χ3n) is 3.96. The summed E-state index contributed by atoms with van der Waals surface area (Å²) >= 11 is 0. The molecule has 0 aliphatic carbocycles. The number of nitrogens with one attached hydrogen (secondary N) is 2. The average molecular weight is 360 g/mol. The van der Waals surface area contributed by atoms with Crippen LogP contribution in [0.2, 0.25) is 0 Å². The van der Waals surface area contributed by atoms with Crippen molar-refractivity contribution in [3.8, 4) is 0 Å². The van der Waals surface area contributed by atoms with Crippen LogP contribution < -0.4 is 15.5 Å². The third kappa shape index (κ3) is 5.29. The number of carbonyl (C=O) groups is 3. The normalized spacial score (nSPS) is 17.4. The van der Waals surface area contributed by atoms with E-state index in [1.807, 2.05) is 45.9 Å². The van der Waals surface area contributed by atoms with Crippen LogP contribution in [0.15, 0.2) is 24.3 Å². The van der Waals surface area contributed by atoms with Gasteiger partial charge in [0.2, 0.25) is 17.7 Å². The van der Waals surface area contributed by atoms with Gasteiger partial charge >= 0.3 is 0 Å². The Labute approximate surface area is 154 Å². The fourth-order valence-corrected chi connectivity index (χ4v) is 3.03. The second-order valence-electron chi connectivity index (χ2n) is 7.85. The second-order valence-corrected chi connectivity index (χ2v) is 7.85. The van der Waals surface area contributed by atoms with E-state index >= 15 is 0 Å². The van der Waals surface area contributed by atoms with Crippen LogP contribution in [0, 0.1) is 0 Å². The van der Waals surface area contributed by atoms with Crippen molar-refractivity contribution in [2.45, 2.75) is 45.7 Å². The summed E-state index contributed by atoms with van der Waals surface area (Å²) in [7, 11) is 1.73. The number of anilines is 2. The van der Waals surface area contributed by atoms with E-state index in [9.17, 15) is 14.4 Å². The Bertz CT molecular complexity index is 696. The molecule has 142 valence electrons. The predicted octanol–water partition coefficient (Wildman–Crippen LogP) is 1.60. The largest absolute Gasteiger partial charge is 0.350 e. The van der Waals surface area contributed by atoms with Crippen LogP contribution in [0.4, 0.5) is 11.4 Å². The molecule has 26 heavy (non-hydrogen) atoms. The monoisotopic (exact) mass is 360 g/mol. The molecule has 1 heterocycles. The number of benzene rings is 1. The highest BCUT2D eigenvalue weighted by Gasteiger charge is 2.30. The van der Waals surface area contributed by atoms with E-state index in [2.05, 4.69) is 10.6 Å². The van der Waals surface area contributed by atoms with Crippen LogP contribution >= 0.6 is 0 Å². The number of fused-ring (bicyclic) bond motifs is 1. The summed E-state index contributed by atoms with van der Waals surface area (Å²) in [6.45, 7) is 7.81. The van der Waals surface area contributed by atoms with Gasteiger partial charge in [-0.25, -0.2) is 0 Å². The molecule has 1 atom stereocenters. The lowest BCUT2D eigenvalue weighted by Crippen LogP contribution is -2.48. The van der Waals surface area contributed by atoms with Gasteiger partial charge < -0.3 is 15.5 Å². The Morgan fingerprint density at radius 1 is 1.27 bits per heavy atom. The zero-order valence-electron chi connectivity index (χ0n) is 16.1. The number of nitrogens with zero attached hydrogens (tertiary/aromatic N) is 2. The predicted molar refractivity (Wildman–Crippen MR) is 102 cm³/mol. The standard InChI is InChI=1S/C19H28N4O3/c1-13-10-16(24)20-14-8-6-7-9-15(14)23(13)18(26)12-22(5)11-17(25)21-19(2,3)4/h6-9,13H,10-12H2,1-5H3,(H,20,24)(H,21,25). The van der Waals surface area contributed by atoms with Crippen LogP contribution in [-0.4, -0.2) is 54.3 Å². The minimum Gasteiger partial charge on any atom is -0.350 e. The van der Waals surface area contributed by atoms with Gasteiger partial charge in [0, 0.05) is 18.0 Å². The zero-order chi connectivity index (χ0) is 19.5. The molecule has 1 aliphatic rings. The molecule has 1 aliphatic heterocycles. The molecule has 0 fully saturated rings. The van der Waals surface area contributed by atoms with Crippen molar-refractivity contribution in [1.29, 1.82) is 0 Å². The molecular weight excluding hydrogens is 332 g/mol. The molecule has 1 aromatic rings. The minimum atomic E-state index is -0.313. The molecule has 3 amide bonds. The number of likely N-dealkylation sites (N-methyl/N-ethyl adjacent to an activating group) is 1. The van der Waals surface area contributed by atoms with Crippen molar-refractivity contribution in [1.82, 2.24) is 10.2 Å². The van der Waals surface area contributed by atoms with Gasteiger partial charge in [-0.3, -0.25) is 19.3 Å². The molecule has 0 aromatic heterocycles. The molecule has 0 saturated carbocycles. The summed E-state index contributed by atoms with van der Waals surface area (Å²) in [6.07, 6.45) is 0.231. The summed E-state index contributed by atoms with van der Waals surface area (Å²) in [5.41, 5.74) is 0.998. The van der Waals surface area contributed by atoms with Crippen LogP contribution in [0.1, 0.15) is 34.1 Å². The van der Waals surface area contributed by atoms with Gasteiger partial charge in [-0.15, -0.1) is 0 Å². The van der Waals surface area contributed by atoms with Crippen LogP contribution in [-0.2, 0) is 14.4 Å². The minimum absolute atomic E-state index is 0.0877. The molecule has 2 N–H and O–H groups in total. The first-order chi connectivity index (χ1) is 12.1. The van der Waals surface area contributed by atoms with E-state index in [1.165, 1.54) is 0 Å². The van der Waals surface area contributed by atoms with E-state index in [4.69, 9.17) is 0 Å².